The van der Waals surface area contributed by atoms with Gasteiger partial charge in [-0.05, 0) is 52.4 Å². The van der Waals surface area contributed by atoms with Crippen LogP contribution >= 0.6 is 15.9 Å². The third-order valence-electron chi connectivity index (χ3n) is 4.95. The largest absolute Gasteiger partial charge is 0.507 e. The lowest BCUT2D eigenvalue weighted by Gasteiger charge is -2.41. The average Bonchev–Trinajstić information content (AvgIpc) is 2.53. The minimum absolute atomic E-state index is 0.335. The number of hydrogen-bond acceptors (Lipinski definition) is 3. The van der Waals surface area contributed by atoms with Gasteiger partial charge < -0.3 is 10.4 Å². The Labute approximate surface area is 135 Å². The zero-order valence-electron chi connectivity index (χ0n) is 12.5. The maximum atomic E-state index is 9.78. The number of phenols is 1. The van der Waals surface area contributed by atoms with Crippen LogP contribution in [0.1, 0.15) is 43.7 Å². The van der Waals surface area contributed by atoms with Crippen molar-refractivity contribution in [1.29, 1.82) is 0 Å². The number of nitrogens with one attached hydrogen (secondary N) is 1. The Kier molecular flexibility index (Phi) is 5.19. The molecule has 1 aromatic rings. The Balaban J connectivity index is 1.87. The van der Waals surface area contributed by atoms with Gasteiger partial charge >= 0.3 is 0 Å². The lowest BCUT2D eigenvalue weighted by atomic mass is 9.80. The van der Waals surface area contributed by atoms with Crippen molar-refractivity contribution in [3.05, 3.63) is 28.2 Å². The van der Waals surface area contributed by atoms with E-state index in [1.807, 2.05) is 6.07 Å². The number of halogens is 1. The summed E-state index contributed by atoms with van der Waals surface area (Å²) in [5.41, 5.74) is 1.36. The Bertz CT molecular complexity index is 450. The molecule has 0 spiro atoms. The molecule has 3 rings (SSSR count). The summed E-state index contributed by atoms with van der Waals surface area (Å²) in [6.45, 7) is 4.42. The molecule has 1 aliphatic carbocycles. The fraction of sp³-hybridized carbons (Fsp3) is 0.647. The summed E-state index contributed by atoms with van der Waals surface area (Å²) in [5, 5.41) is 13.2. The van der Waals surface area contributed by atoms with Crippen LogP contribution in [0.15, 0.2) is 22.7 Å². The van der Waals surface area contributed by atoms with Gasteiger partial charge in [-0.25, -0.2) is 0 Å². The van der Waals surface area contributed by atoms with E-state index < -0.39 is 0 Å². The highest BCUT2D eigenvalue weighted by atomic mass is 79.9. The second-order valence-electron chi connectivity index (χ2n) is 6.34. The average molecular weight is 353 g/mol. The molecule has 0 aromatic heterocycles. The first-order valence-electron chi connectivity index (χ1n) is 8.19. The van der Waals surface area contributed by atoms with E-state index in [1.165, 1.54) is 37.7 Å². The monoisotopic (exact) mass is 352 g/mol. The number of phenolic OH excluding ortho intramolecular Hbond substituents is 1. The first-order chi connectivity index (χ1) is 10.3. The van der Waals surface area contributed by atoms with Crippen molar-refractivity contribution < 1.29 is 5.11 Å². The fourth-order valence-electron chi connectivity index (χ4n) is 3.90. The summed E-state index contributed by atoms with van der Waals surface area (Å²) in [4.78, 5) is 2.64. The molecule has 116 valence electrons. The van der Waals surface area contributed by atoms with E-state index in [1.54, 1.807) is 0 Å². The maximum Gasteiger partial charge on any atom is 0.129 e. The number of rotatable bonds is 3. The van der Waals surface area contributed by atoms with Gasteiger partial charge in [0.05, 0.1) is 4.47 Å². The van der Waals surface area contributed by atoms with Crippen LogP contribution in [0.2, 0.25) is 0 Å². The van der Waals surface area contributed by atoms with Gasteiger partial charge in [0.15, 0.2) is 0 Å². The second kappa shape index (κ2) is 7.12. The number of hydrogen-bond donors (Lipinski definition) is 2. The van der Waals surface area contributed by atoms with Crippen molar-refractivity contribution in [2.75, 3.05) is 26.2 Å². The fourth-order valence-corrected chi connectivity index (χ4v) is 4.29. The van der Waals surface area contributed by atoms with Gasteiger partial charge in [0.2, 0.25) is 0 Å². The van der Waals surface area contributed by atoms with Gasteiger partial charge in [0, 0.05) is 32.2 Å². The normalized spacial score (nSPS) is 23.1. The lowest BCUT2D eigenvalue weighted by molar-refractivity contribution is 0.103. The quantitative estimate of drug-likeness (QED) is 0.870. The molecule has 0 radical (unpaired) electrons. The first-order valence-corrected chi connectivity index (χ1v) is 8.98. The molecule has 0 amide bonds. The highest BCUT2D eigenvalue weighted by Crippen LogP contribution is 2.40. The molecule has 4 heteroatoms. The zero-order chi connectivity index (χ0) is 14.7. The van der Waals surface area contributed by atoms with Crippen LogP contribution in [0.25, 0.3) is 0 Å². The highest BCUT2D eigenvalue weighted by Gasteiger charge is 2.31. The summed E-state index contributed by atoms with van der Waals surface area (Å²) in [5.74, 6) is 1.09. The van der Waals surface area contributed by atoms with Crippen LogP contribution in [0.4, 0.5) is 0 Å². The molecular formula is C17H25BrN2O. The topological polar surface area (TPSA) is 35.5 Å². The minimum atomic E-state index is 0.335. The molecule has 2 aliphatic rings. The molecule has 1 aromatic carbocycles. The third-order valence-corrected chi connectivity index (χ3v) is 5.59. The smallest absolute Gasteiger partial charge is 0.129 e. The van der Waals surface area contributed by atoms with E-state index in [9.17, 15) is 5.11 Å². The van der Waals surface area contributed by atoms with Crippen molar-refractivity contribution in [2.45, 2.75) is 38.1 Å². The summed E-state index contributed by atoms with van der Waals surface area (Å²) in [6.07, 6.45) is 6.81. The van der Waals surface area contributed by atoms with Crippen molar-refractivity contribution in [1.82, 2.24) is 10.2 Å². The molecule has 1 saturated carbocycles. The molecule has 1 saturated heterocycles. The van der Waals surface area contributed by atoms with Crippen LogP contribution in [0, 0.1) is 5.92 Å². The molecule has 1 heterocycles. The van der Waals surface area contributed by atoms with Gasteiger partial charge in [-0.2, -0.15) is 0 Å². The van der Waals surface area contributed by atoms with Gasteiger partial charge in [-0.3, -0.25) is 4.90 Å². The van der Waals surface area contributed by atoms with Gasteiger partial charge in [-0.1, -0.05) is 25.3 Å². The van der Waals surface area contributed by atoms with E-state index in [4.69, 9.17) is 0 Å². The SMILES string of the molecule is Oc1ccc([C@H](C2CCCCC2)N2CCNCC2)cc1Br. The molecular weight excluding hydrogens is 328 g/mol. The number of piperazine rings is 1. The molecule has 21 heavy (non-hydrogen) atoms. The maximum absolute atomic E-state index is 9.78. The van der Waals surface area contributed by atoms with Crippen LogP contribution < -0.4 is 5.32 Å². The van der Waals surface area contributed by atoms with Crippen molar-refractivity contribution in [3.63, 3.8) is 0 Å². The van der Waals surface area contributed by atoms with E-state index in [2.05, 4.69) is 38.3 Å². The molecule has 2 fully saturated rings. The predicted octanol–water partition coefficient (Wildman–Crippen LogP) is 3.68. The standard InChI is InChI=1S/C17H25BrN2O/c18-15-12-14(6-7-16(15)21)17(13-4-2-1-3-5-13)20-10-8-19-9-11-20/h6-7,12-13,17,19,21H,1-5,8-11H2/t17-/m0/s1. The molecule has 2 N–H and O–H groups in total. The Morgan fingerprint density at radius 1 is 1.14 bits per heavy atom. The minimum Gasteiger partial charge on any atom is -0.507 e. The summed E-state index contributed by atoms with van der Waals surface area (Å²) < 4.78 is 0.816. The van der Waals surface area contributed by atoms with Crippen molar-refractivity contribution in [3.8, 4) is 5.75 Å². The molecule has 0 bridgehead atoms. The van der Waals surface area contributed by atoms with Crippen LogP contribution in [0.5, 0.6) is 5.75 Å². The van der Waals surface area contributed by atoms with Crippen molar-refractivity contribution >= 4 is 15.9 Å². The number of benzene rings is 1. The summed E-state index contributed by atoms with van der Waals surface area (Å²) in [6, 6.07) is 6.57. The van der Waals surface area contributed by atoms with Crippen LogP contribution in [-0.2, 0) is 0 Å². The van der Waals surface area contributed by atoms with Gasteiger partial charge in [-0.15, -0.1) is 0 Å². The Morgan fingerprint density at radius 3 is 2.52 bits per heavy atom. The zero-order valence-corrected chi connectivity index (χ0v) is 14.1. The predicted molar refractivity (Wildman–Crippen MR) is 89.6 cm³/mol. The molecule has 0 unspecified atom stereocenters. The first kappa shape index (κ1) is 15.3. The van der Waals surface area contributed by atoms with E-state index in [0.29, 0.717) is 11.8 Å². The number of nitrogens with zero attached hydrogens (tertiary/aromatic N) is 1. The molecule has 1 atom stereocenters. The third kappa shape index (κ3) is 3.61. The van der Waals surface area contributed by atoms with E-state index >= 15 is 0 Å². The van der Waals surface area contributed by atoms with E-state index in [-0.39, 0.29) is 0 Å². The van der Waals surface area contributed by atoms with Gasteiger partial charge in [0.25, 0.3) is 0 Å². The number of aromatic hydroxyl groups is 1. The highest BCUT2D eigenvalue weighted by molar-refractivity contribution is 9.10. The molecule has 3 nitrogen and oxygen atoms in total. The van der Waals surface area contributed by atoms with Crippen molar-refractivity contribution in [2.24, 2.45) is 5.92 Å². The Hall–Kier alpha value is -0.580. The second-order valence-corrected chi connectivity index (χ2v) is 7.19. The lowest BCUT2D eigenvalue weighted by Crippen LogP contribution is -2.47. The Morgan fingerprint density at radius 2 is 1.86 bits per heavy atom. The summed E-state index contributed by atoms with van der Waals surface area (Å²) in [7, 11) is 0. The van der Waals surface area contributed by atoms with Crippen LogP contribution in [0.3, 0.4) is 0 Å². The van der Waals surface area contributed by atoms with Crippen LogP contribution in [-0.4, -0.2) is 36.2 Å². The summed E-state index contributed by atoms with van der Waals surface area (Å²) >= 11 is 3.48. The van der Waals surface area contributed by atoms with E-state index in [0.717, 1.165) is 36.6 Å². The van der Waals surface area contributed by atoms with Gasteiger partial charge in [0.1, 0.15) is 5.75 Å². The molecule has 1 aliphatic heterocycles.